The van der Waals surface area contributed by atoms with E-state index >= 15 is 0 Å². The lowest BCUT2D eigenvalue weighted by molar-refractivity contribution is -0.141. The molecule has 5 heteroatoms. The second kappa shape index (κ2) is 8.00. The Balaban J connectivity index is 1.56. The van der Waals surface area contributed by atoms with Crippen molar-refractivity contribution in [3.8, 4) is 0 Å². The number of hydrogen-bond donors (Lipinski definition) is 0. The first-order valence-electron chi connectivity index (χ1n) is 9.29. The van der Waals surface area contributed by atoms with Gasteiger partial charge in [-0.25, -0.2) is 0 Å². The standard InChI is InChI=1S/C20H28N2O3/c1-15-6-7-17(16(2)13-15)14-19(23)21-8-4-9-22(11-10-21)20(24)18-5-3-12-25-18/h6-7,13,18H,3-5,8-12,14H2,1-2H3. The summed E-state index contributed by atoms with van der Waals surface area (Å²) >= 11 is 0. The van der Waals surface area contributed by atoms with Gasteiger partial charge in [-0.1, -0.05) is 23.8 Å². The van der Waals surface area contributed by atoms with Crippen LogP contribution < -0.4 is 0 Å². The van der Waals surface area contributed by atoms with Crippen LogP contribution in [0.15, 0.2) is 18.2 Å². The van der Waals surface area contributed by atoms with Gasteiger partial charge in [0.25, 0.3) is 5.91 Å². The van der Waals surface area contributed by atoms with Crippen molar-refractivity contribution in [2.45, 2.75) is 45.6 Å². The average Bonchev–Trinajstić information content (AvgIpc) is 3.01. The van der Waals surface area contributed by atoms with Crippen LogP contribution in [0.3, 0.4) is 0 Å². The molecule has 2 aliphatic heterocycles. The summed E-state index contributed by atoms with van der Waals surface area (Å²) in [6.45, 7) is 7.46. The summed E-state index contributed by atoms with van der Waals surface area (Å²) in [7, 11) is 0. The Morgan fingerprint density at radius 3 is 2.56 bits per heavy atom. The Bertz CT molecular complexity index is 638. The summed E-state index contributed by atoms with van der Waals surface area (Å²) in [6, 6.07) is 6.22. The number of hydrogen-bond acceptors (Lipinski definition) is 3. The molecule has 0 N–H and O–H groups in total. The highest BCUT2D eigenvalue weighted by atomic mass is 16.5. The predicted octanol–water partition coefficient (Wildman–Crippen LogP) is 2.09. The molecule has 2 heterocycles. The van der Waals surface area contributed by atoms with Gasteiger partial charge >= 0.3 is 0 Å². The van der Waals surface area contributed by atoms with E-state index in [2.05, 4.69) is 26.0 Å². The molecule has 3 rings (SSSR count). The topological polar surface area (TPSA) is 49.9 Å². The van der Waals surface area contributed by atoms with Crippen LogP contribution in [-0.2, 0) is 20.7 Å². The van der Waals surface area contributed by atoms with E-state index in [0.29, 0.717) is 32.7 Å². The van der Waals surface area contributed by atoms with E-state index < -0.39 is 0 Å². The van der Waals surface area contributed by atoms with Crippen molar-refractivity contribution in [2.75, 3.05) is 32.8 Å². The number of nitrogens with zero attached hydrogens (tertiary/aromatic N) is 2. The Morgan fingerprint density at radius 2 is 1.84 bits per heavy atom. The Hall–Kier alpha value is -1.88. The van der Waals surface area contributed by atoms with E-state index in [9.17, 15) is 9.59 Å². The zero-order valence-electron chi connectivity index (χ0n) is 15.3. The molecule has 25 heavy (non-hydrogen) atoms. The highest BCUT2D eigenvalue weighted by Crippen LogP contribution is 2.17. The van der Waals surface area contributed by atoms with E-state index in [1.54, 1.807) is 0 Å². The second-order valence-electron chi connectivity index (χ2n) is 7.17. The predicted molar refractivity (Wildman–Crippen MR) is 96.4 cm³/mol. The van der Waals surface area contributed by atoms with Crippen molar-refractivity contribution < 1.29 is 14.3 Å². The van der Waals surface area contributed by atoms with Crippen molar-refractivity contribution in [3.63, 3.8) is 0 Å². The molecule has 1 aromatic rings. The molecule has 0 radical (unpaired) electrons. The fourth-order valence-electron chi connectivity index (χ4n) is 3.68. The molecule has 0 spiro atoms. The summed E-state index contributed by atoms with van der Waals surface area (Å²) in [4.78, 5) is 29.0. The number of rotatable bonds is 3. The van der Waals surface area contributed by atoms with Gasteiger partial charge in [-0.15, -0.1) is 0 Å². The Kier molecular flexibility index (Phi) is 5.74. The first kappa shape index (κ1) is 17.9. The molecule has 1 unspecified atom stereocenters. The van der Waals surface area contributed by atoms with Gasteiger partial charge in [0.15, 0.2) is 0 Å². The SMILES string of the molecule is Cc1ccc(CC(=O)N2CCCN(C(=O)C3CCCO3)CC2)c(C)c1. The number of carbonyl (C=O) groups is 2. The highest BCUT2D eigenvalue weighted by molar-refractivity contribution is 5.82. The van der Waals surface area contributed by atoms with Crippen LogP contribution in [0.2, 0.25) is 0 Å². The lowest BCUT2D eigenvalue weighted by Gasteiger charge is -2.24. The maximum Gasteiger partial charge on any atom is 0.251 e. The molecule has 2 saturated heterocycles. The third-order valence-corrected chi connectivity index (χ3v) is 5.21. The normalized spacial score (nSPS) is 21.3. The summed E-state index contributed by atoms with van der Waals surface area (Å²) in [5.74, 6) is 0.250. The first-order valence-corrected chi connectivity index (χ1v) is 9.29. The summed E-state index contributed by atoms with van der Waals surface area (Å²) in [5, 5.41) is 0. The van der Waals surface area contributed by atoms with Gasteiger partial charge in [0.1, 0.15) is 6.10 Å². The molecule has 0 bridgehead atoms. The maximum absolute atomic E-state index is 12.7. The van der Waals surface area contributed by atoms with Gasteiger partial charge in [-0.2, -0.15) is 0 Å². The van der Waals surface area contributed by atoms with E-state index in [0.717, 1.165) is 31.4 Å². The molecule has 0 aromatic heterocycles. The zero-order chi connectivity index (χ0) is 17.8. The van der Waals surface area contributed by atoms with E-state index in [4.69, 9.17) is 4.74 Å². The number of amides is 2. The van der Waals surface area contributed by atoms with Crippen molar-refractivity contribution >= 4 is 11.8 Å². The molecular formula is C20H28N2O3. The molecule has 136 valence electrons. The van der Waals surface area contributed by atoms with E-state index in [1.165, 1.54) is 11.1 Å². The first-order chi connectivity index (χ1) is 12.0. The molecule has 0 aliphatic carbocycles. The minimum Gasteiger partial charge on any atom is -0.368 e. The number of aryl methyl sites for hydroxylation is 2. The Morgan fingerprint density at radius 1 is 1.08 bits per heavy atom. The van der Waals surface area contributed by atoms with Crippen LogP contribution in [-0.4, -0.2) is 60.5 Å². The van der Waals surface area contributed by atoms with Crippen LogP contribution in [0.5, 0.6) is 0 Å². The third-order valence-electron chi connectivity index (χ3n) is 5.21. The minimum atomic E-state index is -0.266. The van der Waals surface area contributed by atoms with Crippen LogP contribution in [0.25, 0.3) is 0 Å². The Labute approximate surface area is 149 Å². The molecule has 2 fully saturated rings. The zero-order valence-corrected chi connectivity index (χ0v) is 15.3. The smallest absolute Gasteiger partial charge is 0.251 e. The summed E-state index contributed by atoms with van der Waals surface area (Å²) in [5.41, 5.74) is 3.47. The molecule has 0 saturated carbocycles. The largest absolute Gasteiger partial charge is 0.368 e. The van der Waals surface area contributed by atoms with Gasteiger partial charge in [0, 0.05) is 32.8 Å². The van der Waals surface area contributed by atoms with Gasteiger partial charge in [0.05, 0.1) is 6.42 Å². The van der Waals surface area contributed by atoms with E-state index in [1.807, 2.05) is 15.9 Å². The number of ether oxygens (including phenoxy) is 1. The van der Waals surface area contributed by atoms with Crippen LogP contribution in [0.4, 0.5) is 0 Å². The second-order valence-corrected chi connectivity index (χ2v) is 7.17. The van der Waals surface area contributed by atoms with Crippen LogP contribution in [0, 0.1) is 13.8 Å². The summed E-state index contributed by atoms with van der Waals surface area (Å²) < 4.78 is 5.51. The number of carbonyl (C=O) groups excluding carboxylic acids is 2. The van der Waals surface area contributed by atoms with Crippen molar-refractivity contribution in [1.29, 1.82) is 0 Å². The van der Waals surface area contributed by atoms with Crippen LogP contribution >= 0.6 is 0 Å². The van der Waals surface area contributed by atoms with Crippen molar-refractivity contribution in [2.24, 2.45) is 0 Å². The molecule has 1 atom stereocenters. The quantitative estimate of drug-likeness (QED) is 0.844. The van der Waals surface area contributed by atoms with Gasteiger partial charge in [0.2, 0.25) is 5.91 Å². The third kappa shape index (κ3) is 4.40. The fourth-order valence-corrected chi connectivity index (χ4v) is 3.68. The van der Waals surface area contributed by atoms with Gasteiger partial charge in [-0.05, 0) is 44.2 Å². The fraction of sp³-hybridized carbons (Fsp3) is 0.600. The van der Waals surface area contributed by atoms with E-state index in [-0.39, 0.29) is 17.9 Å². The monoisotopic (exact) mass is 344 g/mol. The maximum atomic E-state index is 12.7. The average molecular weight is 344 g/mol. The van der Waals surface area contributed by atoms with Crippen LogP contribution in [0.1, 0.15) is 36.0 Å². The highest BCUT2D eigenvalue weighted by Gasteiger charge is 2.30. The molecule has 1 aromatic carbocycles. The minimum absolute atomic E-state index is 0.0983. The number of benzene rings is 1. The van der Waals surface area contributed by atoms with Crippen molar-refractivity contribution in [3.05, 3.63) is 34.9 Å². The molecule has 5 nitrogen and oxygen atoms in total. The molecular weight excluding hydrogens is 316 g/mol. The molecule has 2 aliphatic rings. The molecule has 2 amide bonds. The van der Waals surface area contributed by atoms with Gasteiger partial charge < -0.3 is 14.5 Å². The summed E-state index contributed by atoms with van der Waals surface area (Å²) in [6.07, 6.45) is 2.79. The van der Waals surface area contributed by atoms with Crippen molar-refractivity contribution in [1.82, 2.24) is 9.80 Å². The van der Waals surface area contributed by atoms with Gasteiger partial charge in [-0.3, -0.25) is 9.59 Å². The lowest BCUT2D eigenvalue weighted by Crippen LogP contribution is -2.42. The lowest BCUT2D eigenvalue weighted by atomic mass is 10.0.